The van der Waals surface area contributed by atoms with E-state index in [0.29, 0.717) is 44.9 Å². The zero-order valence-corrected chi connectivity index (χ0v) is 48.7. The zero-order valence-electron chi connectivity index (χ0n) is 47.9. The van der Waals surface area contributed by atoms with E-state index in [4.69, 9.17) is 41.9 Å². The summed E-state index contributed by atoms with van der Waals surface area (Å²) in [4.78, 5) is 67.8. The molecule has 0 aliphatic heterocycles. The Balaban J connectivity index is 0.000000319. The maximum Gasteiger partial charge on any atom is 0.350 e. The van der Waals surface area contributed by atoms with Gasteiger partial charge in [-0.15, -0.1) is 0 Å². The van der Waals surface area contributed by atoms with E-state index in [1.54, 1.807) is 107 Å². The van der Waals surface area contributed by atoms with Gasteiger partial charge in [0.05, 0.1) is 44.6 Å². The monoisotopic (exact) mass is 1170 g/mol. The fraction of sp³-hybridized carbons (Fsp3) is 0.176. The van der Waals surface area contributed by atoms with Crippen molar-refractivity contribution in [3.05, 3.63) is 219 Å². The van der Waals surface area contributed by atoms with Crippen LogP contribution >= 0.6 is 11.6 Å². The number of esters is 5. The lowest BCUT2D eigenvalue weighted by Crippen LogP contribution is -2.11. The van der Waals surface area contributed by atoms with E-state index in [1.165, 1.54) is 24.3 Å². The van der Waals surface area contributed by atoms with Crippen molar-refractivity contribution in [2.24, 2.45) is 5.92 Å². The number of carbonyl (C=O) groups excluding carboxylic acids is 5. The van der Waals surface area contributed by atoms with E-state index in [9.17, 15) is 45.0 Å². The summed E-state index contributed by atoms with van der Waals surface area (Å²) >= 11 is 6.42. The van der Waals surface area contributed by atoms with Gasteiger partial charge < -0.3 is 33.5 Å². The van der Waals surface area contributed by atoms with Crippen LogP contribution in [0.15, 0.2) is 180 Å². The number of carbonyl (C=O) groups is 5. The molecular weight excluding hydrogens is 1110 g/mol. The Hall–Kier alpha value is -11.3. The molecular formula is C68H58ClN7O10. The lowest BCUT2D eigenvalue weighted by molar-refractivity contribution is -0.140. The molecule has 0 atom stereocenters. The summed E-state index contributed by atoms with van der Waals surface area (Å²) in [6.45, 7) is 18.7. The first-order chi connectivity index (χ1) is 41.6. The maximum absolute atomic E-state index is 12.2. The van der Waals surface area contributed by atoms with Gasteiger partial charge in [0.1, 0.15) is 41.0 Å². The maximum atomic E-state index is 12.2. The highest BCUT2D eigenvalue weighted by Crippen LogP contribution is 2.38. The van der Waals surface area contributed by atoms with Gasteiger partial charge in [-0.3, -0.25) is 4.79 Å². The number of para-hydroxylation sites is 1. The van der Waals surface area contributed by atoms with Crippen molar-refractivity contribution in [3.8, 4) is 24.3 Å². The Labute approximate surface area is 504 Å². The Morgan fingerprint density at radius 1 is 0.453 bits per heavy atom. The van der Waals surface area contributed by atoms with Crippen LogP contribution in [0, 0.1) is 57.8 Å². The summed E-state index contributed by atoms with van der Waals surface area (Å²) < 4.78 is 25.0. The van der Waals surface area contributed by atoms with E-state index in [0.717, 1.165) is 17.1 Å². The molecule has 86 heavy (non-hydrogen) atoms. The Morgan fingerprint density at radius 2 is 0.767 bits per heavy atom. The fourth-order valence-electron chi connectivity index (χ4n) is 7.79. The number of benzene rings is 6. The highest BCUT2D eigenvalue weighted by Gasteiger charge is 2.20. The van der Waals surface area contributed by atoms with Crippen LogP contribution in [0.25, 0.3) is 34.2 Å². The standard InChI is InChI=1S/C36H29ClN4O6.C32H29N3O4/c1-5-45-34(42)27(22-38)20-24-8-14-28(15-9-24)41(29-16-10-25(11-17-29)21-32(40-4)36(44)47-7-3)30-18-12-26(13-19-30)33(37)31(23-39)35(43)46-6-2;1-4-38-31(36)26(20-33)18-24-10-14-29(15-11-24)35(28-8-6-5-7-9-28)30-16-12-25(13-17-30)19-27(21-34)32(37)39-22-23(2)3/h8-21H,5-7H2,1-3H3;5-19,23H,4,22H2,1-3H3/b27-20+,32-21-,33-31-;26-18+,27-19+. The average Bonchev–Trinajstić information content (AvgIpc) is 2.54. The van der Waals surface area contributed by atoms with Gasteiger partial charge in [-0.1, -0.05) is 104 Å². The van der Waals surface area contributed by atoms with Crippen LogP contribution in [0.4, 0.5) is 34.1 Å². The second-order valence-electron chi connectivity index (χ2n) is 18.2. The number of ether oxygens (including phenoxy) is 5. The third-order valence-electron chi connectivity index (χ3n) is 11.8. The summed E-state index contributed by atoms with van der Waals surface area (Å²) in [5.74, 6) is -3.36. The van der Waals surface area contributed by atoms with Crippen LogP contribution < -0.4 is 9.80 Å². The smallest absolute Gasteiger partial charge is 0.350 e. The van der Waals surface area contributed by atoms with Crippen molar-refractivity contribution < 1.29 is 47.7 Å². The molecule has 0 bridgehead atoms. The molecule has 6 aromatic rings. The van der Waals surface area contributed by atoms with Gasteiger partial charge in [-0.2, -0.15) is 21.0 Å². The van der Waals surface area contributed by atoms with Crippen molar-refractivity contribution in [1.29, 1.82) is 21.0 Å². The molecule has 0 fully saturated rings. The number of halogens is 1. The number of nitriles is 4. The number of nitrogens with zero attached hydrogens (tertiary/aromatic N) is 7. The first kappa shape index (κ1) is 65.5. The third-order valence-corrected chi connectivity index (χ3v) is 12.2. The number of rotatable bonds is 22. The minimum atomic E-state index is -0.819. The molecule has 18 heteroatoms. The SMILES string of the molecule is CCOC(=O)/C(C#N)=C/c1ccc(N(c2ccccc2)c2ccc(/C=C(\C#N)C(=O)OCC(C)C)cc2)cc1.[C-]#[N+]/C(=C\c1ccc(N(c2ccc(/C=C(\C#N)C(=O)OCC)cc2)c2ccc(/C(Cl)=C(\C#N)C(=O)OCC)cc2)cc1)C(=O)OCC. The van der Waals surface area contributed by atoms with Gasteiger partial charge in [0.15, 0.2) is 5.57 Å². The molecule has 0 saturated heterocycles. The van der Waals surface area contributed by atoms with E-state index in [2.05, 4.69) is 4.85 Å². The molecule has 0 unspecified atom stereocenters. The van der Waals surface area contributed by atoms with E-state index < -0.39 is 29.8 Å². The van der Waals surface area contributed by atoms with Crippen LogP contribution in [-0.4, -0.2) is 62.9 Å². The van der Waals surface area contributed by atoms with Crippen molar-refractivity contribution in [2.45, 2.75) is 41.5 Å². The molecule has 6 aromatic carbocycles. The second kappa shape index (κ2) is 33.6. The van der Waals surface area contributed by atoms with Crippen molar-refractivity contribution >= 4 is 105 Å². The molecule has 0 aromatic heterocycles. The third kappa shape index (κ3) is 18.6. The Bertz CT molecular complexity index is 3670. The normalized spacial score (nSPS) is 11.5. The van der Waals surface area contributed by atoms with E-state index in [-0.39, 0.29) is 72.0 Å². The quantitative estimate of drug-likeness (QED) is 0.0202. The molecule has 0 radical (unpaired) electrons. The van der Waals surface area contributed by atoms with Gasteiger partial charge in [0, 0.05) is 34.1 Å². The zero-order chi connectivity index (χ0) is 62.5. The molecule has 17 nitrogen and oxygen atoms in total. The summed E-state index contributed by atoms with van der Waals surface area (Å²) in [6, 6.07) is 53.1. The first-order valence-electron chi connectivity index (χ1n) is 26.8. The fourth-order valence-corrected chi connectivity index (χ4v) is 8.03. The van der Waals surface area contributed by atoms with Crippen LogP contribution in [-0.2, 0) is 47.7 Å². The molecule has 0 aliphatic carbocycles. The minimum absolute atomic E-state index is 0.0524. The van der Waals surface area contributed by atoms with Crippen LogP contribution in [0.3, 0.4) is 0 Å². The number of hydrogen-bond donors (Lipinski definition) is 0. The largest absolute Gasteiger partial charge is 0.471 e. The molecule has 6 rings (SSSR count). The molecule has 432 valence electrons. The Kier molecular flexibility index (Phi) is 25.6. The summed E-state index contributed by atoms with van der Waals surface area (Å²) in [6.07, 6.45) is 5.88. The summed E-state index contributed by atoms with van der Waals surface area (Å²) in [5.41, 5.74) is 6.97. The van der Waals surface area contributed by atoms with E-state index >= 15 is 0 Å². The van der Waals surface area contributed by atoms with Crippen LogP contribution in [0.1, 0.15) is 69.4 Å². The Morgan fingerprint density at radius 3 is 1.09 bits per heavy atom. The molecule has 0 spiro atoms. The number of anilines is 6. The molecule has 0 N–H and O–H groups in total. The van der Waals surface area contributed by atoms with Gasteiger partial charge in [0.25, 0.3) is 5.70 Å². The molecule has 0 heterocycles. The number of hydrogen-bond acceptors (Lipinski definition) is 16. The molecule has 0 saturated carbocycles. The highest BCUT2D eigenvalue weighted by atomic mass is 35.5. The van der Waals surface area contributed by atoms with Crippen LogP contribution in [0.2, 0.25) is 0 Å². The van der Waals surface area contributed by atoms with Gasteiger partial charge in [-0.25, -0.2) is 24.0 Å². The van der Waals surface area contributed by atoms with E-state index in [1.807, 2.05) is 121 Å². The molecule has 0 aliphatic rings. The highest BCUT2D eigenvalue weighted by molar-refractivity contribution is 6.51. The average molecular weight is 1170 g/mol. The predicted octanol–water partition coefficient (Wildman–Crippen LogP) is 14.2. The van der Waals surface area contributed by atoms with Gasteiger partial charge >= 0.3 is 29.8 Å². The van der Waals surface area contributed by atoms with Crippen molar-refractivity contribution in [2.75, 3.05) is 42.8 Å². The summed E-state index contributed by atoms with van der Waals surface area (Å²) in [7, 11) is 0. The van der Waals surface area contributed by atoms with Crippen LogP contribution in [0.5, 0.6) is 0 Å². The minimum Gasteiger partial charge on any atom is -0.471 e. The topological polar surface area (TPSA) is 237 Å². The van der Waals surface area contributed by atoms with Gasteiger partial charge in [-0.05, 0) is 159 Å². The lowest BCUT2D eigenvalue weighted by Gasteiger charge is -2.26. The van der Waals surface area contributed by atoms with Crippen molar-refractivity contribution in [1.82, 2.24) is 0 Å². The second-order valence-corrected chi connectivity index (χ2v) is 18.6. The van der Waals surface area contributed by atoms with Gasteiger partial charge in [0.2, 0.25) is 0 Å². The summed E-state index contributed by atoms with van der Waals surface area (Å²) in [5, 5.41) is 37.6. The predicted molar refractivity (Wildman–Crippen MR) is 328 cm³/mol. The molecule has 0 amide bonds. The first-order valence-corrected chi connectivity index (χ1v) is 27.2. The van der Waals surface area contributed by atoms with Crippen molar-refractivity contribution in [3.63, 3.8) is 0 Å². The lowest BCUT2D eigenvalue weighted by atomic mass is 10.1.